The van der Waals surface area contributed by atoms with Crippen LogP contribution in [0.4, 0.5) is 5.69 Å². The molecule has 4 heteroatoms. The highest BCUT2D eigenvalue weighted by atomic mass is 16.2. The van der Waals surface area contributed by atoms with Gasteiger partial charge < -0.3 is 10.2 Å². The molecule has 0 saturated carbocycles. The van der Waals surface area contributed by atoms with E-state index in [1.807, 2.05) is 19.2 Å². The third-order valence-corrected chi connectivity index (χ3v) is 4.21. The van der Waals surface area contributed by atoms with Crippen LogP contribution in [0.15, 0.2) is 24.5 Å². The van der Waals surface area contributed by atoms with Crippen LogP contribution in [-0.2, 0) is 4.79 Å². The standard InChI is InChI=1S/C15H23N3O/c1-15(2,12-6-4-8-16-10-12)14(19)18(3)13-7-5-9-17-11-13/h5,7,9,11-12,16H,4,6,8,10H2,1-3H3. The van der Waals surface area contributed by atoms with Crippen molar-refractivity contribution in [3.8, 4) is 0 Å². The Hall–Kier alpha value is -1.42. The van der Waals surface area contributed by atoms with E-state index in [0.717, 1.165) is 31.6 Å². The van der Waals surface area contributed by atoms with Crippen LogP contribution in [0.5, 0.6) is 0 Å². The Kier molecular flexibility index (Phi) is 4.20. The molecule has 0 aliphatic carbocycles. The summed E-state index contributed by atoms with van der Waals surface area (Å²) in [6, 6.07) is 3.77. The molecule has 1 amide bonds. The molecule has 2 rings (SSSR count). The van der Waals surface area contributed by atoms with E-state index in [0.29, 0.717) is 5.92 Å². The molecule has 0 bridgehead atoms. The van der Waals surface area contributed by atoms with Crippen molar-refractivity contribution in [3.63, 3.8) is 0 Å². The van der Waals surface area contributed by atoms with Crippen molar-refractivity contribution in [2.24, 2.45) is 11.3 Å². The van der Waals surface area contributed by atoms with E-state index in [2.05, 4.69) is 24.1 Å². The van der Waals surface area contributed by atoms with Crippen LogP contribution in [-0.4, -0.2) is 31.0 Å². The number of carbonyl (C=O) groups is 1. The second kappa shape index (κ2) is 5.70. The monoisotopic (exact) mass is 261 g/mol. The average molecular weight is 261 g/mol. The molecule has 1 atom stereocenters. The first kappa shape index (κ1) is 14.0. The first-order chi connectivity index (χ1) is 9.03. The van der Waals surface area contributed by atoms with Gasteiger partial charge in [0.05, 0.1) is 11.9 Å². The van der Waals surface area contributed by atoms with E-state index < -0.39 is 0 Å². The van der Waals surface area contributed by atoms with Crippen LogP contribution in [0.2, 0.25) is 0 Å². The number of piperidine rings is 1. The SMILES string of the molecule is CN(C(=O)C(C)(C)C1CCCNC1)c1cccnc1. The van der Waals surface area contributed by atoms with Gasteiger partial charge in [-0.2, -0.15) is 0 Å². The van der Waals surface area contributed by atoms with Crippen LogP contribution < -0.4 is 10.2 Å². The Morgan fingerprint density at radius 3 is 2.89 bits per heavy atom. The summed E-state index contributed by atoms with van der Waals surface area (Å²) in [5.41, 5.74) is 0.502. The lowest BCUT2D eigenvalue weighted by molar-refractivity contribution is -0.129. The van der Waals surface area contributed by atoms with Crippen molar-refractivity contribution in [3.05, 3.63) is 24.5 Å². The Bertz CT molecular complexity index is 424. The van der Waals surface area contributed by atoms with Gasteiger partial charge >= 0.3 is 0 Å². The third-order valence-electron chi connectivity index (χ3n) is 4.21. The molecule has 1 fully saturated rings. The minimum absolute atomic E-state index is 0.161. The highest BCUT2D eigenvalue weighted by molar-refractivity contribution is 5.96. The van der Waals surface area contributed by atoms with E-state index in [4.69, 9.17) is 0 Å². The van der Waals surface area contributed by atoms with Crippen molar-refractivity contribution in [2.75, 3.05) is 25.0 Å². The van der Waals surface area contributed by atoms with Gasteiger partial charge in [-0.1, -0.05) is 13.8 Å². The lowest BCUT2D eigenvalue weighted by Gasteiger charge is -2.38. The fourth-order valence-electron chi connectivity index (χ4n) is 2.74. The summed E-state index contributed by atoms with van der Waals surface area (Å²) in [5.74, 6) is 0.557. The maximum absolute atomic E-state index is 12.7. The second-order valence-electron chi connectivity index (χ2n) is 5.84. The number of nitrogens with zero attached hydrogens (tertiary/aromatic N) is 2. The number of aromatic nitrogens is 1. The average Bonchev–Trinajstić information content (AvgIpc) is 2.47. The summed E-state index contributed by atoms with van der Waals surface area (Å²) in [7, 11) is 1.83. The van der Waals surface area contributed by atoms with E-state index in [-0.39, 0.29) is 11.3 Å². The molecule has 19 heavy (non-hydrogen) atoms. The molecular formula is C15H23N3O. The van der Waals surface area contributed by atoms with Gasteiger partial charge in [0.25, 0.3) is 0 Å². The molecule has 1 aliphatic rings. The number of hydrogen-bond donors (Lipinski definition) is 1. The normalized spacial score (nSPS) is 20.1. The molecule has 2 heterocycles. The van der Waals surface area contributed by atoms with Gasteiger partial charge in [-0.3, -0.25) is 9.78 Å². The number of carbonyl (C=O) groups excluding carboxylic acids is 1. The maximum Gasteiger partial charge on any atom is 0.232 e. The van der Waals surface area contributed by atoms with E-state index in [1.54, 1.807) is 17.3 Å². The summed E-state index contributed by atoms with van der Waals surface area (Å²) < 4.78 is 0. The predicted molar refractivity (Wildman–Crippen MR) is 77.0 cm³/mol. The number of amides is 1. The van der Waals surface area contributed by atoms with E-state index in [1.165, 1.54) is 0 Å². The minimum Gasteiger partial charge on any atom is -0.316 e. The molecule has 0 aromatic carbocycles. The molecule has 1 N–H and O–H groups in total. The summed E-state index contributed by atoms with van der Waals surface area (Å²) in [4.78, 5) is 18.5. The minimum atomic E-state index is -0.349. The Labute approximate surface area is 115 Å². The number of nitrogens with one attached hydrogen (secondary N) is 1. The quantitative estimate of drug-likeness (QED) is 0.906. The molecule has 1 aliphatic heterocycles. The summed E-state index contributed by atoms with van der Waals surface area (Å²) in [5, 5.41) is 3.39. The summed E-state index contributed by atoms with van der Waals surface area (Å²) >= 11 is 0. The zero-order valence-corrected chi connectivity index (χ0v) is 12.0. The lowest BCUT2D eigenvalue weighted by atomic mass is 9.74. The van der Waals surface area contributed by atoms with Crippen LogP contribution >= 0.6 is 0 Å². The summed E-state index contributed by atoms with van der Waals surface area (Å²) in [6.07, 6.45) is 5.72. The van der Waals surface area contributed by atoms with Gasteiger partial charge in [0, 0.05) is 18.7 Å². The number of pyridine rings is 1. The molecule has 4 nitrogen and oxygen atoms in total. The molecule has 104 valence electrons. The van der Waals surface area contributed by atoms with Gasteiger partial charge in [-0.25, -0.2) is 0 Å². The first-order valence-electron chi connectivity index (χ1n) is 6.92. The van der Waals surface area contributed by atoms with Gasteiger partial charge in [0.15, 0.2) is 0 Å². The fraction of sp³-hybridized carbons (Fsp3) is 0.600. The number of anilines is 1. The summed E-state index contributed by atoms with van der Waals surface area (Å²) in [6.45, 7) is 6.11. The zero-order valence-electron chi connectivity index (χ0n) is 12.0. The molecular weight excluding hydrogens is 238 g/mol. The Morgan fingerprint density at radius 2 is 2.32 bits per heavy atom. The number of rotatable bonds is 3. The molecule has 0 radical (unpaired) electrons. The van der Waals surface area contributed by atoms with Crippen LogP contribution in [0.1, 0.15) is 26.7 Å². The van der Waals surface area contributed by atoms with Crippen molar-refractivity contribution < 1.29 is 4.79 Å². The van der Waals surface area contributed by atoms with Crippen molar-refractivity contribution in [2.45, 2.75) is 26.7 Å². The van der Waals surface area contributed by atoms with Gasteiger partial charge in [0.1, 0.15) is 0 Å². The first-order valence-corrected chi connectivity index (χ1v) is 6.92. The maximum atomic E-state index is 12.7. The Morgan fingerprint density at radius 1 is 1.53 bits per heavy atom. The predicted octanol–water partition coefficient (Wildman–Crippen LogP) is 2.07. The highest BCUT2D eigenvalue weighted by Crippen LogP contribution is 2.34. The highest BCUT2D eigenvalue weighted by Gasteiger charge is 2.39. The van der Waals surface area contributed by atoms with Crippen LogP contribution in [0.25, 0.3) is 0 Å². The van der Waals surface area contributed by atoms with Crippen molar-refractivity contribution in [1.29, 1.82) is 0 Å². The zero-order chi connectivity index (χ0) is 13.9. The Balaban J connectivity index is 2.13. The smallest absolute Gasteiger partial charge is 0.232 e. The molecule has 1 saturated heterocycles. The van der Waals surface area contributed by atoms with Crippen molar-refractivity contribution in [1.82, 2.24) is 10.3 Å². The van der Waals surface area contributed by atoms with E-state index in [9.17, 15) is 4.79 Å². The topological polar surface area (TPSA) is 45.2 Å². The van der Waals surface area contributed by atoms with Gasteiger partial charge in [-0.05, 0) is 44.0 Å². The van der Waals surface area contributed by atoms with Gasteiger partial charge in [-0.15, -0.1) is 0 Å². The fourth-order valence-corrected chi connectivity index (χ4v) is 2.74. The van der Waals surface area contributed by atoms with Crippen LogP contribution in [0.3, 0.4) is 0 Å². The van der Waals surface area contributed by atoms with Crippen LogP contribution in [0, 0.1) is 11.3 Å². The lowest BCUT2D eigenvalue weighted by Crippen LogP contribution is -2.48. The van der Waals surface area contributed by atoms with E-state index >= 15 is 0 Å². The molecule has 0 spiro atoms. The largest absolute Gasteiger partial charge is 0.316 e. The molecule has 1 unspecified atom stereocenters. The van der Waals surface area contributed by atoms with Gasteiger partial charge in [0.2, 0.25) is 5.91 Å². The molecule has 1 aromatic rings. The van der Waals surface area contributed by atoms with Crippen molar-refractivity contribution >= 4 is 11.6 Å². The third kappa shape index (κ3) is 2.95. The second-order valence-corrected chi connectivity index (χ2v) is 5.84. The molecule has 1 aromatic heterocycles. The number of hydrogen-bond acceptors (Lipinski definition) is 3.